The number of ether oxygens (including phenoxy) is 2. The Morgan fingerprint density at radius 2 is 1.89 bits per heavy atom. The molecule has 1 aliphatic heterocycles. The van der Waals surface area contributed by atoms with E-state index in [0.29, 0.717) is 34.4 Å². The molecule has 146 valence electrons. The minimum absolute atomic E-state index is 0.0455. The van der Waals surface area contributed by atoms with Crippen molar-refractivity contribution in [2.24, 2.45) is 0 Å². The molecule has 6 heteroatoms. The highest BCUT2D eigenvalue weighted by Gasteiger charge is 2.31. The number of benzene rings is 2. The number of methoxy groups -OCH3 is 1. The molecule has 2 N–H and O–H groups in total. The van der Waals surface area contributed by atoms with Gasteiger partial charge in [0.15, 0.2) is 22.4 Å². The molecule has 3 rings (SSSR count). The molecule has 1 aliphatic rings. The first-order chi connectivity index (χ1) is 13.5. The number of thiocarbonyl (C=S) groups is 1. The lowest BCUT2D eigenvalue weighted by Crippen LogP contribution is -2.44. The van der Waals surface area contributed by atoms with Crippen LogP contribution in [-0.4, -0.2) is 24.6 Å². The summed E-state index contributed by atoms with van der Waals surface area (Å²) in [5.41, 5.74) is 2.88. The summed E-state index contributed by atoms with van der Waals surface area (Å²) in [6, 6.07) is 14.6. The molecule has 5 nitrogen and oxygen atoms in total. The summed E-state index contributed by atoms with van der Waals surface area (Å²) in [6.45, 7) is 4.53. The Hall–Kier alpha value is -2.86. The number of Topliss-reactive ketones (excluding diaryl/α,β-unsaturated/α-hetero) is 1. The normalized spacial score (nSPS) is 16.2. The molecule has 0 spiro atoms. The zero-order chi connectivity index (χ0) is 20.1. The summed E-state index contributed by atoms with van der Waals surface area (Å²) >= 11 is 5.34. The SMILES string of the molecule is CCCOc1ccc([C@H]2NC(=S)NC(C)=C2C(=O)c2ccccc2)cc1OC. The van der Waals surface area contributed by atoms with Crippen molar-refractivity contribution in [1.29, 1.82) is 0 Å². The lowest BCUT2D eigenvalue weighted by Gasteiger charge is -2.30. The number of rotatable bonds is 7. The van der Waals surface area contributed by atoms with Gasteiger partial charge in [0.2, 0.25) is 0 Å². The zero-order valence-electron chi connectivity index (χ0n) is 16.2. The van der Waals surface area contributed by atoms with Gasteiger partial charge in [-0.1, -0.05) is 43.3 Å². The van der Waals surface area contributed by atoms with Gasteiger partial charge in [0.05, 0.1) is 19.8 Å². The number of allylic oxidation sites excluding steroid dienone is 1. The van der Waals surface area contributed by atoms with E-state index >= 15 is 0 Å². The third-order valence-corrected chi connectivity index (χ3v) is 4.75. The Balaban J connectivity index is 2.01. The van der Waals surface area contributed by atoms with E-state index in [1.807, 2.05) is 55.5 Å². The Morgan fingerprint density at radius 1 is 1.14 bits per heavy atom. The van der Waals surface area contributed by atoms with Crippen LogP contribution >= 0.6 is 12.2 Å². The second kappa shape index (κ2) is 8.89. The molecule has 1 atom stereocenters. The van der Waals surface area contributed by atoms with Crippen molar-refractivity contribution in [3.8, 4) is 11.5 Å². The smallest absolute Gasteiger partial charge is 0.193 e. The first-order valence-electron chi connectivity index (χ1n) is 9.24. The zero-order valence-corrected chi connectivity index (χ0v) is 17.1. The molecular weight excluding hydrogens is 372 g/mol. The van der Waals surface area contributed by atoms with E-state index in [0.717, 1.165) is 17.7 Å². The van der Waals surface area contributed by atoms with Crippen LogP contribution in [0, 0.1) is 0 Å². The van der Waals surface area contributed by atoms with E-state index in [1.165, 1.54) is 0 Å². The maximum absolute atomic E-state index is 13.2. The Morgan fingerprint density at radius 3 is 2.57 bits per heavy atom. The van der Waals surface area contributed by atoms with Crippen molar-refractivity contribution >= 4 is 23.1 Å². The number of hydrogen-bond donors (Lipinski definition) is 2. The van der Waals surface area contributed by atoms with Gasteiger partial charge in [0, 0.05) is 16.8 Å². The monoisotopic (exact) mass is 396 g/mol. The molecule has 0 saturated heterocycles. The van der Waals surface area contributed by atoms with Crippen LogP contribution < -0.4 is 20.1 Å². The predicted octanol–water partition coefficient (Wildman–Crippen LogP) is 4.16. The van der Waals surface area contributed by atoms with E-state index < -0.39 is 0 Å². The van der Waals surface area contributed by atoms with Crippen LogP contribution in [0.3, 0.4) is 0 Å². The van der Waals surface area contributed by atoms with E-state index in [-0.39, 0.29) is 11.8 Å². The lowest BCUT2D eigenvalue weighted by molar-refractivity contribution is 0.102. The molecular formula is C22H24N2O3S. The minimum Gasteiger partial charge on any atom is -0.493 e. The molecule has 0 bridgehead atoms. The molecule has 0 aromatic heterocycles. The fraction of sp³-hybridized carbons (Fsp3) is 0.273. The number of nitrogens with one attached hydrogen (secondary N) is 2. The maximum Gasteiger partial charge on any atom is 0.193 e. The molecule has 28 heavy (non-hydrogen) atoms. The number of carbonyl (C=O) groups excluding carboxylic acids is 1. The van der Waals surface area contributed by atoms with Crippen LogP contribution in [0.5, 0.6) is 11.5 Å². The van der Waals surface area contributed by atoms with Crippen molar-refractivity contribution in [3.05, 3.63) is 70.9 Å². The summed E-state index contributed by atoms with van der Waals surface area (Å²) in [5.74, 6) is 1.26. The molecule has 2 aromatic carbocycles. The van der Waals surface area contributed by atoms with Gasteiger partial charge >= 0.3 is 0 Å². The summed E-state index contributed by atoms with van der Waals surface area (Å²) in [5, 5.41) is 6.78. The Labute approximate surface area is 170 Å². The van der Waals surface area contributed by atoms with Crippen LogP contribution in [-0.2, 0) is 0 Å². The van der Waals surface area contributed by atoms with Gasteiger partial charge in [-0.25, -0.2) is 0 Å². The van der Waals surface area contributed by atoms with Gasteiger partial charge in [-0.15, -0.1) is 0 Å². The van der Waals surface area contributed by atoms with Crippen molar-refractivity contribution in [3.63, 3.8) is 0 Å². The maximum atomic E-state index is 13.2. The topological polar surface area (TPSA) is 59.6 Å². The Bertz CT molecular complexity index is 909. The first kappa shape index (κ1) is 19.9. The number of hydrogen-bond acceptors (Lipinski definition) is 4. The second-order valence-corrected chi connectivity index (χ2v) is 6.93. The third kappa shape index (κ3) is 4.17. The summed E-state index contributed by atoms with van der Waals surface area (Å²) in [7, 11) is 1.61. The molecule has 1 heterocycles. The third-order valence-electron chi connectivity index (χ3n) is 4.53. The van der Waals surface area contributed by atoms with Gasteiger partial charge < -0.3 is 20.1 Å². The van der Waals surface area contributed by atoms with Crippen LogP contribution in [0.15, 0.2) is 59.8 Å². The second-order valence-electron chi connectivity index (χ2n) is 6.52. The molecule has 0 amide bonds. The van der Waals surface area contributed by atoms with Crippen molar-refractivity contribution < 1.29 is 14.3 Å². The molecule has 0 saturated carbocycles. The van der Waals surface area contributed by atoms with Crippen LogP contribution in [0.4, 0.5) is 0 Å². The quantitative estimate of drug-likeness (QED) is 0.541. The predicted molar refractivity (Wildman–Crippen MR) is 114 cm³/mol. The van der Waals surface area contributed by atoms with Crippen molar-refractivity contribution in [1.82, 2.24) is 10.6 Å². The molecule has 0 unspecified atom stereocenters. The largest absolute Gasteiger partial charge is 0.493 e. The molecule has 0 aliphatic carbocycles. The fourth-order valence-corrected chi connectivity index (χ4v) is 3.46. The summed E-state index contributed by atoms with van der Waals surface area (Å²) in [4.78, 5) is 13.2. The van der Waals surface area contributed by atoms with Crippen LogP contribution in [0.25, 0.3) is 0 Å². The summed E-state index contributed by atoms with van der Waals surface area (Å²) < 4.78 is 11.2. The van der Waals surface area contributed by atoms with Gasteiger partial charge in [-0.2, -0.15) is 0 Å². The van der Waals surface area contributed by atoms with Crippen molar-refractivity contribution in [2.45, 2.75) is 26.3 Å². The van der Waals surface area contributed by atoms with Gasteiger partial charge in [-0.05, 0) is 43.3 Å². The van der Waals surface area contributed by atoms with E-state index in [2.05, 4.69) is 17.6 Å². The van der Waals surface area contributed by atoms with E-state index in [1.54, 1.807) is 7.11 Å². The van der Waals surface area contributed by atoms with Crippen LogP contribution in [0.1, 0.15) is 42.2 Å². The molecule has 0 radical (unpaired) electrons. The highest BCUT2D eigenvalue weighted by molar-refractivity contribution is 7.80. The molecule has 2 aromatic rings. The first-order valence-corrected chi connectivity index (χ1v) is 9.64. The van der Waals surface area contributed by atoms with Gasteiger partial charge in [-0.3, -0.25) is 4.79 Å². The highest BCUT2D eigenvalue weighted by Crippen LogP contribution is 2.35. The van der Waals surface area contributed by atoms with Crippen LogP contribution in [0.2, 0.25) is 0 Å². The highest BCUT2D eigenvalue weighted by atomic mass is 32.1. The Kier molecular flexibility index (Phi) is 6.31. The fourth-order valence-electron chi connectivity index (χ4n) is 3.18. The van der Waals surface area contributed by atoms with Gasteiger partial charge in [0.25, 0.3) is 0 Å². The van der Waals surface area contributed by atoms with Crippen molar-refractivity contribution in [2.75, 3.05) is 13.7 Å². The van der Waals surface area contributed by atoms with E-state index in [4.69, 9.17) is 21.7 Å². The van der Waals surface area contributed by atoms with Gasteiger partial charge in [0.1, 0.15) is 0 Å². The van der Waals surface area contributed by atoms with E-state index in [9.17, 15) is 4.79 Å². The standard InChI is InChI=1S/C22H24N2O3S/c1-4-12-27-17-11-10-16(13-18(17)26-3)20-19(14(2)23-22(28)24-20)21(25)15-8-6-5-7-9-15/h5-11,13,20H,4,12H2,1-3H3,(H2,23,24,28)/t20-/m1/s1. The summed E-state index contributed by atoms with van der Waals surface area (Å²) in [6.07, 6.45) is 0.909. The molecule has 0 fully saturated rings. The number of carbonyl (C=O) groups is 1. The average molecular weight is 397 g/mol. The minimum atomic E-state index is -0.379. The lowest BCUT2D eigenvalue weighted by atomic mass is 9.89. The number of ketones is 1. The average Bonchev–Trinajstić information content (AvgIpc) is 2.71.